The fourth-order valence-electron chi connectivity index (χ4n) is 1.95. The second kappa shape index (κ2) is 7.63. The molecule has 1 aromatic carbocycles. The molecule has 0 atom stereocenters. The fourth-order valence-corrected chi connectivity index (χ4v) is 2.75. The van der Waals surface area contributed by atoms with E-state index in [-0.39, 0.29) is 5.91 Å². The molecule has 0 aliphatic heterocycles. The van der Waals surface area contributed by atoms with Gasteiger partial charge >= 0.3 is 0 Å². The molecule has 1 aromatic heterocycles. The molecular weight excluding hydrogens is 280 g/mol. The molecule has 108 valence electrons. The molecule has 4 heteroatoms. The number of nitrogens with one attached hydrogen (secondary N) is 1. The molecule has 0 fully saturated rings. The van der Waals surface area contributed by atoms with Gasteiger partial charge in [0.15, 0.2) is 0 Å². The van der Waals surface area contributed by atoms with Gasteiger partial charge in [0.25, 0.3) is 5.91 Å². The summed E-state index contributed by atoms with van der Waals surface area (Å²) in [7, 11) is 0. The maximum atomic E-state index is 12.0. The van der Waals surface area contributed by atoms with Crippen molar-refractivity contribution in [1.29, 1.82) is 0 Å². The molecule has 0 spiro atoms. The van der Waals surface area contributed by atoms with E-state index in [1.54, 1.807) is 6.07 Å². The van der Waals surface area contributed by atoms with Gasteiger partial charge in [0.1, 0.15) is 0 Å². The highest BCUT2D eigenvalue weighted by atomic mass is 32.1. The van der Waals surface area contributed by atoms with Gasteiger partial charge in [0.2, 0.25) is 0 Å². The number of hydrogen-bond donors (Lipinski definition) is 2. The van der Waals surface area contributed by atoms with E-state index in [4.69, 9.17) is 5.73 Å². The van der Waals surface area contributed by atoms with E-state index >= 15 is 0 Å². The molecule has 0 bridgehead atoms. The van der Waals surface area contributed by atoms with Crippen LogP contribution in [0.15, 0.2) is 36.4 Å². The Hall–Kier alpha value is -2.09. The van der Waals surface area contributed by atoms with E-state index in [1.807, 2.05) is 18.2 Å². The summed E-state index contributed by atoms with van der Waals surface area (Å²) in [6, 6.07) is 11.9. The smallest absolute Gasteiger partial charge is 0.261 e. The zero-order valence-electron chi connectivity index (χ0n) is 12.0. The summed E-state index contributed by atoms with van der Waals surface area (Å²) in [6.45, 7) is 3.04. The first-order chi connectivity index (χ1) is 10.2. The number of aryl methyl sites for hydroxylation is 1. The summed E-state index contributed by atoms with van der Waals surface area (Å²) >= 11 is 1.39. The zero-order valence-corrected chi connectivity index (χ0v) is 12.8. The third-order valence-corrected chi connectivity index (χ3v) is 4.08. The molecule has 2 rings (SSSR count). The quantitative estimate of drug-likeness (QED) is 0.851. The second-order valence-corrected chi connectivity index (χ2v) is 5.69. The van der Waals surface area contributed by atoms with Gasteiger partial charge in [0.05, 0.1) is 16.3 Å². The minimum Gasteiger partial charge on any atom is -0.351 e. The number of hydrogen-bond acceptors (Lipinski definition) is 3. The van der Waals surface area contributed by atoms with Crippen molar-refractivity contribution in [2.24, 2.45) is 5.73 Å². The number of nitrogens with two attached hydrogens (primary N) is 1. The lowest BCUT2D eigenvalue weighted by molar-refractivity contribution is 0.0958. The number of thiophene rings is 1. The Kier molecular flexibility index (Phi) is 5.56. The summed E-state index contributed by atoms with van der Waals surface area (Å²) in [5.41, 5.74) is 7.84. The molecule has 21 heavy (non-hydrogen) atoms. The second-order valence-electron chi connectivity index (χ2n) is 4.60. The Bertz CT molecular complexity index is 679. The average Bonchev–Trinajstić information content (AvgIpc) is 2.96. The summed E-state index contributed by atoms with van der Waals surface area (Å²) in [5.74, 6) is 5.67. The van der Waals surface area contributed by atoms with Crippen molar-refractivity contribution < 1.29 is 4.79 Å². The van der Waals surface area contributed by atoms with Crippen molar-refractivity contribution in [3.63, 3.8) is 0 Å². The van der Waals surface area contributed by atoms with Gasteiger partial charge in [-0.2, -0.15) is 0 Å². The SMILES string of the molecule is Cc1ccccc1CCNC(=O)c1ccc(C#CCN)s1. The average molecular weight is 298 g/mol. The van der Waals surface area contributed by atoms with E-state index in [0.29, 0.717) is 18.0 Å². The van der Waals surface area contributed by atoms with Crippen LogP contribution in [0.1, 0.15) is 25.7 Å². The van der Waals surface area contributed by atoms with Gasteiger partial charge < -0.3 is 11.1 Å². The van der Waals surface area contributed by atoms with Gasteiger partial charge in [0, 0.05) is 6.54 Å². The van der Waals surface area contributed by atoms with Crippen molar-refractivity contribution in [2.45, 2.75) is 13.3 Å². The number of amides is 1. The lowest BCUT2D eigenvalue weighted by Crippen LogP contribution is -2.25. The van der Waals surface area contributed by atoms with E-state index < -0.39 is 0 Å². The standard InChI is InChI=1S/C17H18N2OS/c1-13-5-2-3-6-14(13)10-12-19-17(20)16-9-8-15(21-16)7-4-11-18/h2-3,5-6,8-9H,10-12,18H2,1H3,(H,19,20). The summed E-state index contributed by atoms with van der Waals surface area (Å²) in [6.07, 6.45) is 0.837. The van der Waals surface area contributed by atoms with Crippen molar-refractivity contribution in [1.82, 2.24) is 5.32 Å². The molecule has 1 amide bonds. The van der Waals surface area contributed by atoms with Crippen molar-refractivity contribution in [3.05, 3.63) is 57.3 Å². The highest BCUT2D eigenvalue weighted by Crippen LogP contribution is 2.15. The Morgan fingerprint density at radius 1 is 1.29 bits per heavy atom. The number of carbonyl (C=O) groups is 1. The lowest BCUT2D eigenvalue weighted by Gasteiger charge is -2.06. The molecule has 0 saturated carbocycles. The van der Waals surface area contributed by atoms with Crippen molar-refractivity contribution >= 4 is 17.2 Å². The fraction of sp³-hybridized carbons (Fsp3) is 0.235. The van der Waals surface area contributed by atoms with Crippen LogP contribution in [0.4, 0.5) is 0 Å². The predicted octanol–water partition coefficient (Wildman–Crippen LogP) is 2.34. The first-order valence-electron chi connectivity index (χ1n) is 6.82. The normalized spacial score (nSPS) is 9.81. The van der Waals surface area contributed by atoms with Crippen molar-refractivity contribution in [3.8, 4) is 11.8 Å². The van der Waals surface area contributed by atoms with Crippen LogP contribution in [0.25, 0.3) is 0 Å². The minimum atomic E-state index is -0.0469. The first-order valence-corrected chi connectivity index (χ1v) is 7.64. The van der Waals surface area contributed by atoms with E-state index in [2.05, 4.69) is 36.2 Å². The van der Waals surface area contributed by atoms with Gasteiger partial charge in [-0.3, -0.25) is 4.79 Å². The van der Waals surface area contributed by atoms with Crippen LogP contribution in [-0.2, 0) is 6.42 Å². The lowest BCUT2D eigenvalue weighted by atomic mass is 10.1. The van der Waals surface area contributed by atoms with E-state index in [1.165, 1.54) is 22.5 Å². The van der Waals surface area contributed by atoms with Crippen LogP contribution in [0.2, 0.25) is 0 Å². The molecule has 0 unspecified atom stereocenters. The predicted molar refractivity (Wildman–Crippen MR) is 87.5 cm³/mol. The molecule has 0 radical (unpaired) electrons. The molecular formula is C17H18N2OS. The van der Waals surface area contributed by atoms with Gasteiger partial charge in [-0.15, -0.1) is 11.3 Å². The van der Waals surface area contributed by atoms with Gasteiger partial charge in [-0.05, 0) is 36.6 Å². The third-order valence-electron chi connectivity index (χ3n) is 3.08. The van der Waals surface area contributed by atoms with E-state index in [9.17, 15) is 4.79 Å². The van der Waals surface area contributed by atoms with Crippen LogP contribution in [0.5, 0.6) is 0 Å². The van der Waals surface area contributed by atoms with Gasteiger partial charge in [-0.25, -0.2) is 0 Å². The Labute approximate surface area is 129 Å². The van der Waals surface area contributed by atoms with Crippen LogP contribution in [0, 0.1) is 18.8 Å². The summed E-state index contributed by atoms with van der Waals surface area (Å²) < 4.78 is 0. The number of carbonyl (C=O) groups excluding carboxylic acids is 1. The molecule has 3 nitrogen and oxygen atoms in total. The number of rotatable bonds is 4. The van der Waals surface area contributed by atoms with Crippen LogP contribution in [-0.4, -0.2) is 19.0 Å². The monoisotopic (exact) mass is 298 g/mol. The first kappa shape index (κ1) is 15.3. The maximum absolute atomic E-state index is 12.0. The summed E-state index contributed by atoms with van der Waals surface area (Å²) in [5, 5.41) is 2.94. The van der Waals surface area contributed by atoms with Crippen LogP contribution in [0.3, 0.4) is 0 Å². The largest absolute Gasteiger partial charge is 0.351 e. The van der Waals surface area contributed by atoms with Crippen molar-refractivity contribution in [2.75, 3.05) is 13.1 Å². The molecule has 1 heterocycles. The highest BCUT2D eigenvalue weighted by molar-refractivity contribution is 7.14. The summed E-state index contributed by atoms with van der Waals surface area (Å²) in [4.78, 5) is 13.6. The van der Waals surface area contributed by atoms with Gasteiger partial charge in [-0.1, -0.05) is 36.1 Å². The van der Waals surface area contributed by atoms with Crippen LogP contribution >= 0.6 is 11.3 Å². The molecule has 0 aliphatic rings. The minimum absolute atomic E-state index is 0.0469. The Balaban J connectivity index is 1.87. The topological polar surface area (TPSA) is 55.1 Å². The van der Waals surface area contributed by atoms with E-state index in [0.717, 1.165) is 11.3 Å². The Morgan fingerprint density at radius 2 is 2.10 bits per heavy atom. The molecule has 2 aromatic rings. The molecule has 3 N–H and O–H groups in total. The van der Waals surface area contributed by atoms with Crippen LogP contribution < -0.4 is 11.1 Å². The molecule has 0 saturated heterocycles. The number of benzene rings is 1. The maximum Gasteiger partial charge on any atom is 0.261 e. The zero-order chi connectivity index (χ0) is 15.1. The molecule has 0 aliphatic carbocycles. The Morgan fingerprint density at radius 3 is 2.86 bits per heavy atom. The highest BCUT2D eigenvalue weighted by Gasteiger charge is 2.08. The third kappa shape index (κ3) is 4.45.